The molecule has 38 heavy (non-hydrogen) atoms. The van der Waals surface area contributed by atoms with Gasteiger partial charge in [-0.25, -0.2) is 4.98 Å². The number of hydrogen-bond donors (Lipinski definition) is 4. The van der Waals surface area contributed by atoms with E-state index in [1.165, 1.54) is 0 Å². The quantitative estimate of drug-likeness (QED) is 0.249. The summed E-state index contributed by atoms with van der Waals surface area (Å²) in [7, 11) is 0. The number of halogens is 1. The number of guanidine groups is 1. The van der Waals surface area contributed by atoms with Gasteiger partial charge in [-0.1, -0.05) is 48.5 Å². The number of rotatable bonds is 7. The molecule has 0 unspecified atom stereocenters. The summed E-state index contributed by atoms with van der Waals surface area (Å²) < 4.78 is 0.811. The monoisotopic (exact) mass is 568 g/mol. The van der Waals surface area contributed by atoms with E-state index < -0.39 is 0 Å². The van der Waals surface area contributed by atoms with Gasteiger partial charge in [-0.15, -0.1) is 0 Å². The third-order valence-corrected chi connectivity index (χ3v) is 6.45. The number of carbonyl (C=O) groups is 2. The van der Waals surface area contributed by atoms with Crippen molar-refractivity contribution in [1.29, 1.82) is 0 Å². The maximum absolute atomic E-state index is 13.1. The average molecular weight is 569 g/mol. The van der Waals surface area contributed by atoms with Crippen molar-refractivity contribution in [3.05, 3.63) is 112 Å². The highest BCUT2D eigenvalue weighted by molar-refractivity contribution is 9.10. The fourth-order valence-electron chi connectivity index (χ4n) is 4.07. The largest absolute Gasteiger partial charge is 0.355 e. The van der Waals surface area contributed by atoms with Crippen LogP contribution in [0.15, 0.2) is 101 Å². The van der Waals surface area contributed by atoms with Gasteiger partial charge in [0.2, 0.25) is 0 Å². The van der Waals surface area contributed by atoms with Crippen LogP contribution in [-0.4, -0.2) is 35.8 Å². The molecule has 2 heterocycles. The summed E-state index contributed by atoms with van der Waals surface area (Å²) in [4.78, 5) is 34.5. The smallest absolute Gasteiger partial charge is 0.258 e. The Morgan fingerprint density at radius 1 is 0.868 bits per heavy atom. The van der Waals surface area contributed by atoms with Gasteiger partial charge in [0.15, 0.2) is 5.96 Å². The minimum absolute atomic E-state index is 0.307. The molecular weight excluding hydrogens is 544 g/mol. The first-order chi connectivity index (χ1) is 18.6. The van der Waals surface area contributed by atoms with Gasteiger partial charge in [-0.3, -0.25) is 14.6 Å². The number of nitrogens with one attached hydrogen (secondary N) is 4. The van der Waals surface area contributed by atoms with E-state index in [9.17, 15) is 9.59 Å². The Morgan fingerprint density at radius 3 is 2.42 bits per heavy atom. The van der Waals surface area contributed by atoms with Crippen molar-refractivity contribution in [2.45, 2.75) is 6.54 Å². The van der Waals surface area contributed by atoms with Crippen molar-refractivity contribution in [2.24, 2.45) is 4.99 Å². The van der Waals surface area contributed by atoms with Crippen LogP contribution in [0.2, 0.25) is 0 Å². The normalized spacial score (nSPS) is 12.3. The fraction of sp³-hybridized carbons (Fsp3) is 0.103. The molecule has 1 aliphatic rings. The zero-order valence-electron chi connectivity index (χ0n) is 20.4. The lowest BCUT2D eigenvalue weighted by Crippen LogP contribution is -2.33. The maximum Gasteiger partial charge on any atom is 0.258 e. The number of para-hydroxylation sites is 1. The number of benzene rings is 3. The van der Waals surface area contributed by atoms with E-state index in [2.05, 4.69) is 59.3 Å². The van der Waals surface area contributed by atoms with E-state index >= 15 is 0 Å². The number of anilines is 2. The van der Waals surface area contributed by atoms with Gasteiger partial charge < -0.3 is 21.3 Å². The number of carbonyl (C=O) groups excluding carboxylic acids is 2. The Bertz CT molecular complexity index is 1490. The molecule has 9 heteroatoms. The predicted molar refractivity (Wildman–Crippen MR) is 153 cm³/mol. The van der Waals surface area contributed by atoms with Gasteiger partial charge in [0, 0.05) is 29.3 Å². The highest BCUT2D eigenvalue weighted by Gasteiger charge is 2.15. The van der Waals surface area contributed by atoms with Gasteiger partial charge in [-0.2, -0.15) is 0 Å². The Labute approximate surface area is 228 Å². The summed E-state index contributed by atoms with van der Waals surface area (Å²) >= 11 is 3.33. The van der Waals surface area contributed by atoms with Gasteiger partial charge in [0.25, 0.3) is 11.8 Å². The maximum atomic E-state index is 13.1. The summed E-state index contributed by atoms with van der Waals surface area (Å²) in [5.41, 5.74) is 4.44. The average Bonchev–Trinajstić information content (AvgIpc) is 3.47. The van der Waals surface area contributed by atoms with Crippen LogP contribution in [-0.2, 0) is 6.54 Å². The fourth-order valence-corrected chi connectivity index (χ4v) is 4.31. The molecule has 8 nitrogen and oxygen atoms in total. The number of hydrogen-bond acceptors (Lipinski definition) is 6. The van der Waals surface area contributed by atoms with Gasteiger partial charge >= 0.3 is 0 Å². The first-order valence-electron chi connectivity index (χ1n) is 12.1. The highest BCUT2D eigenvalue weighted by atomic mass is 79.9. The van der Waals surface area contributed by atoms with E-state index in [-0.39, 0.29) is 11.8 Å². The molecule has 0 fully saturated rings. The van der Waals surface area contributed by atoms with Gasteiger partial charge in [0.1, 0.15) is 5.82 Å². The zero-order chi connectivity index (χ0) is 26.3. The Kier molecular flexibility index (Phi) is 7.75. The lowest BCUT2D eigenvalue weighted by atomic mass is 9.98. The highest BCUT2D eigenvalue weighted by Crippen LogP contribution is 2.25. The summed E-state index contributed by atoms with van der Waals surface area (Å²) in [6.45, 7) is 2.27. The van der Waals surface area contributed by atoms with Crippen LogP contribution in [0, 0.1) is 0 Å². The van der Waals surface area contributed by atoms with Crippen molar-refractivity contribution in [2.75, 3.05) is 23.7 Å². The van der Waals surface area contributed by atoms with Crippen LogP contribution >= 0.6 is 15.9 Å². The van der Waals surface area contributed by atoms with E-state index in [1.54, 1.807) is 54.7 Å². The molecular formula is C29H25BrN6O2. The number of aromatic nitrogens is 1. The molecule has 0 saturated carbocycles. The van der Waals surface area contributed by atoms with Crippen LogP contribution in [0.5, 0.6) is 0 Å². The molecule has 0 aliphatic carbocycles. The second-order valence-electron chi connectivity index (χ2n) is 8.56. The van der Waals surface area contributed by atoms with Crippen molar-refractivity contribution in [3.8, 4) is 11.1 Å². The molecule has 0 saturated heterocycles. The van der Waals surface area contributed by atoms with Gasteiger partial charge in [-0.05, 0) is 69.0 Å². The van der Waals surface area contributed by atoms with Crippen LogP contribution < -0.4 is 21.3 Å². The minimum atomic E-state index is -0.366. The molecule has 0 atom stereocenters. The number of amides is 2. The van der Waals surface area contributed by atoms with Crippen LogP contribution in [0.3, 0.4) is 0 Å². The second-order valence-corrected chi connectivity index (χ2v) is 9.48. The number of aliphatic imine (C=N–C) groups is 1. The standard InChI is InChI=1S/C29H25BrN6O2/c30-22-13-14-26(33-18-22)36-28(38)24-7-3-4-8-25(24)35-27(37)20-11-9-19(10-12-20)23-6-2-1-5-21(23)17-34-29-31-15-16-32-29/h1-14,18H,15-17H2,(H,35,37)(H2,31,32,34)(H,33,36,38). The number of nitrogens with zero attached hydrogens (tertiary/aromatic N) is 2. The molecule has 1 aliphatic heterocycles. The van der Waals surface area contributed by atoms with Crippen LogP contribution in [0.4, 0.5) is 11.5 Å². The zero-order valence-corrected chi connectivity index (χ0v) is 22.0. The summed E-state index contributed by atoms with van der Waals surface area (Å²) in [6.07, 6.45) is 1.60. The molecule has 190 valence electrons. The Hall–Kier alpha value is -4.50. The number of pyridine rings is 1. The van der Waals surface area contributed by atoms with E-state index in [0.717, 1.165) is 40.2 Å². The summed E-state index contributed by atoms with van der Waals surface area (Å²) in [5, 5.41) is 12.2. The molecule has 1 aromatic heterocycles. The lowest BCUT2D eigenvalue weighted by Gasteiger charge is -2.13. The van der Waals surface area contributed by atoms with Crippen molar-refractivity contribution in [3.63, 3.8) is 0 Å². The SMILES string of the molecule is O=C(Nc1ccccc1C(=O)Nc1ccc(Br)cn1)c1ccc(-c2ccccc2CNC2=NCCN2)cc1. The van der Waals surface area contributed by atoms with Crippen molar-refractivity contribution in [1.82, 2.24) is 15.6 Å². The van der Waals surface area contributed by atoms with Crippen molar-refractivity contribution >= 4 is 45.2 Å². The third kappa shape index (κ3) is 6.07. The minimum Gasteiger partial charge on any atom is -0.355 e. The topological polar surface area (TPSA) is 108 Å². The predicted octanol–water partition coefficient (Wildman–Crippen LogP) is 5.06. The molecule has 4 aromatic rings. The van der Waals surface area contributed by atoms with E-state index in [0.29, 0.717) is 29.2 Å². The van der Waals surface area contributed by atoms with E-state index in [4.69, 9.17) is 0 Å². The lowest BCUT2D eigenvalue weighted by molar-refractivity contribution is 0.102. The molecule has 0 bridgehead atoms. The molecule has 4 N–H and O–H groups in total. The first kappa shape index (κ1) is 25.2. The van der Waals surface area contributed by atoms with Crippen LogP contribution in [0.1, 0.15) is 26.3 Å². The second kappa shape index (κ2) is 11.7. The summed E-state index contributed by atoms with van der Waals surface area (Å²) in [5.74, 6) is 0.556. The molecule has 0 radical (unpaired) electrons. The first-order valence-corrected chi connectivity index (χ1v) is 12.9. The molecule has 2 amide bonds. The van der Waals surface area contributed by atoms with E-state index in [1.807, 2.05) is 24.3 Å². The molecule has 3 aromatic carbocycles. The Balaban J connectivity index is 1.28. The van der Waals surface area contributed by atoms with Gasteiger partial charge in [0.05, 0.1) is 17.8 Å². The van der Waals surface area contributed by atoms with Crippen molar-refractivity contribution < 1.29 is 9.59 Å². The summed E-state index contributed by atoms with van der Waals surface area (Å²) in [6, 6.07) is 25.9. The molecule has 0 spiro atoms. The molecule has 5 rings (SSSR count). The Morgan fingerprint density at radius 2 is 1.66 bits per heavy atom. The third-order valence-electron chi connectivity index (χ3n) is 5.98. The van der Waals surface area contributed by atoms with Crippen LogP contribution in [0.25, 0.3) is 11.1 Å².